The number of hydrogen-bond acceptors (Lipinski definition) is 4. The summed E-state index contributed by atoms with van der Waals surface area (Å²) in [5, 5.41) is 2.60. The van der Waals surface area contributed by atoms with Crippen molar-refractivity contribution in [1.82, 2.24) is 0 Å². The zero-order chi connectivity index (χ0) is 13.7. The summed E-state index contributed by atoms with van der Waals surface area (Å²) in [7, 11) is 0. The third-order valence-corrected chi connectivity index (χ3v) is 3.36. The van der Waals surface area contributed by atoms with E-state index in [4.69, 9.17) is 5.73 Å². The Kier molecular flexibility index (Phi) is 3.51. The van der Waals surface area contributed by atoms with Crippen molar-refractivity contribution in [2.24, 2.45) is 5.73 Å². The molecule has 1 fully saturated rings. The molecule has 2 aliphatic rings. The molecule has 0 aromatic heterocycles. The van der Waals surface area contributed by atoms with Crippen molar-refractivity contribution in [2.75, 3.05) is 5.32 Å². The SMILES string of the molecule is Cl.NC1(C(=O)Nc2ccc3c(c2)OC(F)(F)O3)CCC1. The first-order chi connectivity index (χ1) is 8.88. The number of nitrogens with one attached hydrogen (secondary N) is 1. The van der Waals surface area contributed by atoms with Gasteiger partial charge in [0.15, 0.2) is 11.5 Å². The van der Waals surface area contributed by atoms with Crippen LogP contribution < -0.4 is 20.5 Å². The van der Waals surface area contributed by atoms with Gasteiger partial charge in [0.05, 0.1) is 5.54 Å². The molecule has 0 unspecified atom stereocenters. The smallest absolute Gasteiger partial charge is 0.395 e. The molecule has 1 aromatic rings. The van der Waals surface area contributed by atoms with Crippen molar-refractivity contribution < 1.29 is 23.0 Å². The molecule has 0 bridgehead atoms. The predicted octanol–water partition coefficient (Wildman–Crippen LogP) is 2.25. The number of carbonyl (C=O) groups excluding carboxylic acids is 1. The van der Waals surface area contributed by atoms with E-state index >= 15 is 0 Å². The van der Waals surface area contributed by atoms with E-state index in [2.05, 4.69) is 14.8 Å². The second-order valence-electron chi connectivity index (χ2n) is 4.79. The van der Waals surface area contributed by atoms with Crippen LogP contribution in [0, 0.1) is 0 Å². The molecule has 1 aliphatic carbocycles. The molecular formula is C12H13ClF2N2O3. The maximum absolute atomic E-state index is 12.8. The van der Waals surface area contributed by atoms with E-state index in [0.29, 0.717) is 18.5 Å². The highest BCUT2D eigenvalue weighted by Gasteiger charge is 2.44. The van der Waals surface area contributed by atoms with Crippen LogP contribution in [0.4, 0.5) is 14.5 Å². The zero-order valence-electron chi connectivity index (χ0n) is 10.3. The van der Waals surface area contributed by atoms with E-state index in [0.717, 1.165) is 6.42 Å². The van der Waals surface area contributed by atoms with Crippen LogP contribution in [0.25, 0.3) is 0 Å². The minimum atomic E-state index is -3.66. The molecule has 0 spiro atoms. The maximum Gasteiger partial charge on any atom is 0.586 e. The topological polar surface area (TPSA) is 73.6 Å². The fourth-order valence-corrected chi connectivity index (χ4v) is 2.07. The van der Waals surface area contributed by atoms with Crippen LogP contribution in [0.2, 0.25) is 0 Å². The number of rotatable bonds is 2. The number of hydrogen-bond donors (Lipinski definition) is 2. The largest absolute Gasteiger partial charge is 0.586 e. The maximum atomic E-state index is 12.8. The fourth-order valence-electron chi connectivity index (χ4n) is 2.07. The van der Waals surface area contributed by atoms with Crippen molar-refractivity contribution in [3.05, 3.63) is 18.2 Å². The molecule has 3 rings (SSSR count). The summed E-state index contributed by atoms with van der Waals surface area (Å²) in [6.45, 7) is 0. The molecule has 8 heteroatoms. The standard InChI is InChI=1S/C12H12F2N2O3.ClH/c13-12(14)18-8-3-2-7(6-9(8)19-12)16-10(17)11(15)4-1-5-11;/h2-3,6H,1,4-5,15H2,(H,16,17);1H. The summed E-state index contributed by atoms with van der Waals surface area (Å²) >= 11 is 0. The number of carbonyl (C=O) groups is 1. The molecule has 20 heavy (non-hydrogen) atoms. The summed E-state index contributed by atoms with van der Waals surface area (Å²) in [6.07, 6.45) is -1.49. The van der Waals surface area contributed by atoms with E-state index in [1.165, 1.54) is 18.2 Å². The average Bonchev–Trinajstić information content (AvgIpc) is 2.59. The van der Waals surface area contributed by atoms with Gasteiger partial charge in [0, 0.05) is 11.8 Å². The van der Waals surface area contributed by atoms with Gasteiger partial charge >= 0.3 is 6.29 Å². The van der Waals surface area contributed by atoms with Gasteiger partial charge in [0.1, 0.15) is 0 Å². The Balaban J connectivity index is 0.00000147. The van der Waals surface area contributed by atoms with Gasteiger partial charge in [0.25, 0.3) is 0 Å². The molecule has 0 radical (unpaired) electrons. The lowest BCUT2D eigenvalue weighted by Gasteiger charge is -2.36. The van der Waals surface area contributed by atoms with Crippen LogP contribution in [-0.4, -0.2) is 17.7 Å². The van der Waals surface area contributed by atoms with Gasteiger partial charge < -0.3 is 20.5 Å². The monoisotopic (exact) mass is 306 g/mol. The Bertz CT molecular complexity index is 550. The Labute approximate surface area is 119 Å². The molecule has 0 atom stereocenters. The summed E-state index contributed by atoms with van der Waals surface area (Å²) in [5.74, 6) is -0.485. The molecule has 110 valence electrons. The highest BCUT2D eigenvalue weighted by atomic mass is 35.5. The first-order valence-corrected chi connectivity index (χ1v) is 5.88. The molecular weight excluding hydrogens is 294 g/mol. The molecule has 1 heterocycles. The quantitative estimate of drug-likeness (QED) is 0.879. The highest BCUT2D eigenvalue weighted by Crippen LogP contribution is 2.42. The molecule has 1 aliphatic heterocycles. The number of ether oxygens (including phenoxy) is 2. The van der Waals surface area contributed by atoms with Crippen molar-refractivity contribution in [3.63, 3.8) is 0 Å². The minimum absolute atomic E-state index is 0. The zero-order valence-corrected chi connectivity index (χ0v) is 11.1. The highest BCUT2D eigenvalue weighted by molar-refractivity contribution is 5.98. The van der Waals surface area contributed by atoms with Gasteiger partial charge in [-0.2, -0.15) is 0 Å². The first kappa shape index (κ1) is 14.8. The molecule has 0 saturated heterocycles. The molecule has 5 nitrogen and oxygen atoms in total. The van der Waals surface area contributed by atoms with Crippen molar-refractivity contribution in [1.29, 1.82) is 0 Å². The van der Waals surface area contributed by atoms with E-state index in [1.807, 2.05) is 0 Å². The minimum Gasteiger partial charge on any atom is -0.395 e. The number of nitrogens with two attached hydrogens (primary N) is 1. The lowest BCUT2D eigenvalue weighted by Crippen LogP contribution is -2.56. The Hall–Kier alpha value is -1.60. The number of halogens is 3. The van der Waals surface area contributed by atoms with Crippen LogP contribution in [0.5, 0.6) is 11.5 Å². The van der Waals surface area contributed by atoms with Crippen molar-refractivity contribution in [3.8, 4) is 11.5 Å². The predicted molar refractivity (Wildman–Crippen MR) is 69.3 cm³/mol. The Morgan fingerprint density at radius 1 is 1.25 bits per heavy atom. The molecule has 1 saturated carbocycles. The number of benzene rings is 1. The lowest BCUT2D eigenvalue weighted by atomic mass is 9.77. The van der Waals surface area contributed by atoms with Gasteiger partial charge in [-0.15, -0.1) is 21.2 Å². The normalized spacial score (nSPS) is 20.6. The van der Waals surface area contributed by atoms with Crippen LogP contribution in [0.15, 0.2) is 18.2 Å². The van der Waals surface area contributed by atoms with Crippen LogP contribution in [-0.2, 0) is 4.79 Å². The van der Waals surface area contributed by atoms with Gasteiger partial charge in [-0.05, 0) is 31.4 Å². The third kappa shape index (κ3) is 2.51. The average molecular weight is 307 g/mol. The van der Waals surface area contributed by atoms with Crippen LogP contribution >= 0.6 is 12.4 Å². The first-order valence-electron chi connectivity index (χ1n) is 5.88. The van der Waals surface area contributed by atoms with Gasteiger partial charge in [-0.3, -0.25) is 4.79 Å². The van der Waals surface area contributed by atoms with Crippen LogP contribution in [0.1, 0.15) is 19.3 Å². The second kappa shape index (κ2) is 4.75. The van der Waals surface area contributed by atoms with Crippen molar-refractivity contribution in [2.45, 2.75) is 31.1 Å². The number of anilines is 1. The molecule has 1 amide bonds. The summed E-state index contributed by atoms with van der Waals surface area (Å²) < 4.78 is 34.2. The summed E-state index contributed by atoms with van der Waals surface area (Å²) in [6, 6.07) is 4.06. The second-order valence-corrected chi connectivity index (χ2v) is 4.79. The van der Waals surface area contributed by atoms with Crippen molar-refractivity contribution >= 4 is 24.0 Å². The van der Waals surface area contributed by atoms with E-state index in [1.54, 1.807) is 0 Å². The van der Waals surface area contributed by atoms with Gasteiger partial charge in [-0.25, -0.2) is 0 Å². The van der Waals surface area contributed by atoms with E-state index in [9.17, 15) is 13.6 Å². The summed E-state index contributed by atoms with van der Waals surface area (Å²) in [4.78, 5) is 11.9. The number of fused-ring (bicyclic) bond motifs is 1. The Morgan fingerprint density at radius 3 is 2.50 bits per heavy atom. The lowest BCUT2D eigenvalue weighted by molar-refractivity contribution is -0.286. The number of alkyl halides is 2. The fraction of sp³-hybridized carbons (Fsp3) is 0.417. The van der Waals surface area contributed by atoms with Gasteiger partial charge in [-0.1, -0.05) is 0 Å². The van der Waals surface area contributed by atoms with E-state index in [-0.39, 0.29) is 29.8 Å². The molecule has 3 N–H and O–H groups in total. The third-order valence-electron chi connectivity index (χ3n) is 3.36. The van der Waals surface area contributed by atoms with Gasteiger partial charge in [0.2, 0.25) is 5.91 Å². The van der Waals surface area contributed by atoms with E-state index < -0.39 is 11.8 Å². The summed E-state index contributed by atoms with van der Waals surface area (Å²) in [5.41, 5.74) is 5.36. The molecule has 1 aromatic carbocycles. The number of amides is 1. The van der Waals surface area contributed by atoms with Crippen LogP contribution in [0.3, 0.4) is 0 Å². The Morgan fingerprint density at radius 2 is 1.90 bits per heavy atom.